The molecule has 2 aromatic rings. The quantitative estimate of drug-likeness (QED) is 0.794. The molecule has 0 spiro atoms. The molecule has 1 amide bonds. The molecule has 0 atom stereocenters. The lowest BCUT2D eigenvalue weighted by Crippen LogP contribution is -2.28. The second-order valence-corrected chi connectivity index (χ2v) is 6.45. The van der Waals surface area contributed by atoms with Crippen LogP contribution in [0.4, 0.5) is 5.69 Å². The number of carbonyl (C=O) groups excluding carboxylic acids is 2. The Labute approximate surface area is 128 Å². The molecule has 4 nitrogen and oxygen atoms in total. The van der Waals surface area contributed by atoms with Gasteiger partial charge in [0.2, 0.25) is 0 Å². The summed E-state index contributed by atoms with van der Waals surface area (Å²) in [7, 11) is 0. The van der Waals surface area contributed by atoms with Crippen LogP contribution in [0.3, 0.4) is 0 Å². The minimum atomic E-state index is -0.617. The number of nitrogens with zero attached hydrogens (tertiary/aromatic N) is 2. The number of hydrogen-bond donors (Lipinski definition) is 0. The summed E-state index contributed by atoms with van der Waals surface area (Å²) in [5.41, 5.74) is 0.575. The molecule has 0 bridgehead atoms. The third-order valence-electron chi connectivity index (χ3n) is 3.00. The molecule has 2 heterocycles. The van der Waals surface area contributed by atoms with Crippen LogP contribution in [0, 0.1) is 6.92 Å². The lowest BCUT2D eigenvalue weighted by atomic mass is 10.1. The highest BCUT2D eigenvalue weighted by Crippen LogP contribution is 2.40. The van der Waals surface area contributed by atoms with Gasteiger partial charge in [0.25, 0.3) is 11.7 Å². The number of rotatable bonds is 2. The van der Waals surface area contributed by atoms with E-state index in [0.717, 1.165) is 9.88 Å². The summed E-state index contributed by atoms with van der Waals surface area (Å²) in [6, 6.07) is 3.10. The number of Topliss-reactive ketones (excluding diaryl/α,β-unsaturated/α-hetero) is 1. The molecule has 0 radical (unpaired) electrons. The van der Waals surface area contributed by atoms with Crippen molar-refractivity contribution in [1.82, 2.24) is 4.98 Å². The molecule has 0 saturated heterocycles. The Hall–Kier alpha value is -1.43. The van der Waals surface area contributed by atoms with Crippen molar-refractivity contribution in [3.8, 4) is 0 Å². The summed E-state index contributed by atoms with van der Waals surface area (Å²) in [6.07, 6.45) is 1.69. The summed E-state index contributed by atoms with van der Waals surface area (Å²) in [4.78, 5) is 30.5. The van der Waals surface area contributed by atoms with Gasteiger partial charge in [-0.2, -0.15) is 0 Å². The Balaban J connectivity index is 2.08. The van der Waals surface area contributed by atoms with Crippen LogP contribution in [0.25, 0.3) is 0 Å². The number of aryl methyl sites for hydroxylation is 1. The Morgan fingerprint density at radius 2 is 1.95 bits per heavy atom. The molecule has 1 aliphatic rings. The molecule has 1 aromatic carbocycles. The molecule has 7 heteroatoms. The van der Waals surface area contributed by atoms with Gasteiger partial charge in [-0.25, -0.2) is 4.98 Å². The Bertz CT molecular complexity index is 742. The molecule has 0 N–H and O–H groups in total. The van der Waals surface area contributed by atoms with E-state index < -0.39 is 11.7 Å². The van der Waals surface area contributed by atoms with Crippen molar-refractivity contribution < 1.29 is 9.59 Å². The van der Waals surface area contributed by atoms with Gasteiger partial charge in [-0.1, -0.05) is 23.2 Å². The molecule has 0 fully saturated rings. The molecular weight excluding hydrogens is 319 g/mol. The number of thiazole rings is 1. The number of benzene rings is 1. The van der Waals surface area contributed by atoms with Gasteiger partial charge in [0.1, 0.15) is 0 Å². The van der Waals surface area contributed by atoms with Crippen molar-refractivity contribution in [2.45, 2.75) is 13.5 Å². The Morgan fingerprint density at radius 1 is 1.25 bits per heavy atom. The highest BCUT2D eigenvalue weighted by molar-refractivity contribution is 7.11. The molecule has 102 valence electrons. The highest BCUT2D eigenvalue weighted by Gasteiger charge is 2.39. The van der Waals surface area contributed by atoms with Crippen molar-refractivity contribution in [2.24, 2.45) is 0 Å². The smallest absolute Gasteiger partial charge is 0.298 e. The van der Waals surface area contributed by atoms with Gasteiger partial charge >= 0.3 is 0 Å². The van der Waals surface area contributed by atoms with Crippen LogP contribution in [-0.2, 0) is 11.3 Å². The summed E-state index contributed by atoms with van der Waals surface area (Å²) < 4.78 is 0. The van der Waals surface area contributed by atoms with E-state index in [1.165, 1.54) is 22.3 Å². The number of aromatic nitrogens is 1. The lowest BCUT2D eigenvalue weighted by molar-refractivity contribution is -0.114. The van der Waals surface area contributed by atoms with Crippen LogP contribution in [-0.4, -0.2) is 16.7 Å². The van der Waals surface area contributed by atoms with E-state index in [0.29, 0.717) is 10.7 Å². The molecule has 0 aliphatic carbocycles. The van der Waals surface area contributed by atoms with Gasteiger partial charge in [-0.15, -0.1) is 11.3 Å². The first-order chi connectivity index (χ1) is 9.49. The Kier molecular flexibility index (Phi) is 3.28. The zero-order valence-electron chi connectivity index (χ0n) is 10.3. The largest absolute Gasteiger partial charge is 0.299 e. The summed E-state index contributed by atoms with van der Waals surface area (Å²) >= 11 is 13.6. The van der Waals surface area contributed by atoms with Crippen molar-refractivity contribution in [3.63, 3.8) is 0 Å². The second-order valence-electron chi connectivity index (χ2n) is 4.32. The number of anilines is 1. The van der Waals surface area contributed by atoms with Gasteiger partial charge in [-0.05, 0) is 19.1 Å². The van der Waals surface area contributed by atoms with Crippen LogP contribution in [0.5, 0.6) is 0 Å². The average molecular weight is 327 g/mol. The van der Waals surface area contributed by atoms with Crippen LogP contribution >= 0.6 is 34.5 Å². The SMILES string of the molecule is Cc1ncc(CN2C(=O)C(=O)c3c(Cl)ccc(Cl)c32)s1. The molecule has 3 rings (SSSR count). The van der Waals surface area contributed by atoms with E-state index in [-0.39, 0.29) is 17.1 Å². The van der Waals surface area contributed by atoms with Crippen molar-refractivity contribution in [1.29, 1.82) is 0 Å². The van der Waals surface area contributed by atoms with Crippen LogP contribution in [0.2, 0.25) is 10.0 Å². The normalized spacial score (nSPS) is 14.1. The molecule has 1 aliphatic heterocycles. The van der Waals surface area contributed by atoms with E-state index in [1.807, 2.05) is 6.92 Å². The number of amides is 1. The first-order valence-electron chi connectivity index (χ1n) is 5.74. The van der Waals surface area contributed by atoms with Gasteiger partial charge in [0.05, 0.1) is 32.8 Å². The minimum absolute atomic E-state index is 0.186. The van der Waals surface area contributed by atoms with Crippen LogP contribution < -0.4 is 4.90 Å². The van der Waals surface area contributed by atoms with Gasteiger partial charge in [0.15, 0.2) is 0 Å². The van der Waals surface area contributed by atoms with Crippen LogP contribution in [0.15, 0.2) is 18.3 Å². The minimum Gasteiger partial charge on any atom is -0.298 e. The van der Waals surface area contributed by atoms with Crippen molar-refractivity contribution >= 4 is 51.9 Å². The standard InChI is InChI=1S/C13H8Cl2N2O2S/c1-6-16-4-7(20-6)5-17-11-9(15)3-2-8(14)10(11)12(18)13(17)19/h2-4H,5H2,1H3. The predicted molar refractivity (Wildman–Crippen MR) is 78.8 cm³/mol. The summed E-state index contributed by atoms with van der Waals surface area (Å²) in [6.45, 7) is 2.14. The average Bonchev–Trinajstić information content (AvgIpc) is 2.92. The maximum Gasteiger partial charge on any atom is 0.299 e. The molecule has 0 saturated carbocycles. The topological polar surface area (TPSA) is 50.3 Å². The van der Waals surface area contributed by atoms with E-state index >= 15 is 0 Å². The van der Waals surface area contributed by atoms with E-state index in [1.54, 1.807) is 12.3 Å². The fraction of sp³-hybridized carbons (Fsp3) is 0.154. The van der Waals surface area contributed by atoms with E-state index in [4.69, 9.17) is 23.2 Å². The first-order valence-corrected chi connectivity index (χ1v) is 7.32. The zero-order chi connectivity index (χ0) is 14.4. The molecule has 20 heavy (non-hydrogen) atoms. The number of carbonyl (C=O) groups is 2. The number of hydrogen-bond acceptors (Lipinski definition) is 4. The number of fused-ring (bicyclic) bond motifs is 1. The highest BCUT2D eigenvalue weighted by atomic mass is 35.5. The summed E-state index contributed by atoms with van der Waals surface area (Å²) in [5.74, 6) is -1.23. The van der Waals surface area contributed by atoms with E-state index in [9.17, 15) is 9.59 Å². The molecule has 0 unspecified atom stereocenters. The van der Waals surface area contributed by atoms with Crippen molar-refractivity contribution in [3.05, 3.63) is 43.8 Å². The van der Waals surface area contributed by atoms with Crippen molar-refractivity contribution in [2.75, 3.05) is 4.90 Å². The number of ketones is 1. The van der Waals surface area contributed by atoms with Gasteiger partial charge in [0, 0.05) is 11.1 Å². The van der Waals surface area contributed by atoms with Crippen LogP contribution in [0.1, 0.15) is 20.2 Å². The molecular formula is C13H8Cl2N2O2S. The van der Waals surface area contributed by atoms with Gasteiger partial charge < -0.3 is 0 Å². The van der Waals surface area contributed by atoms with E-state index in [2.05, 4.69) is 4.98 Å². The molecule has 1 aromatic heterocycles. The number of halogens is 2. The maximum atomic E-state index is 12.1. The summed E-state index contributed by atoms with van der Waals surface area (Å²) in [5, 5.41) is 1.48. The Morgan fingerprint density at radius 3 is 2.60 bits per heavy atom. The third-order valence-corrected chi connectivity index (χ3v) is 4.51. The third kappa shape index (κ3) is 2.02. The lowest BCUT2D eigenvalue weighted by Gasteiger charge is -2.16. The zero-order valence-corrected chi connectivity index (χ0v) is 12.6. The first kappa shape index (κ1) is 13.5. The maximum absolute atomic E-state index is 12.1. The predicted octanol–water partition coefficient (Wildman–Crippen LogP) is 3.49. The fourth-order valence-corrected chi connectivity index (χ4v) is 3.42. The fourth-order valence-electron chi connectivity index (χ4n) is 2.14. The second kappa shape index (κ2) is 4.84. The monoisotopic (exact) mass is 326 g/mol. The van der Waals surface area contributed by atoms with Gasteiger partial charge in [-0.3, -0.25) is 14.5 Å².